The number of piperidine rings is 1. The van der Waals surface area contributed by atoms with Crippen LogP contribution in [-0.4, -0.2) is 54.8 Å². The summed E-state index contributed by atoms with van der Waals surface area (Å²) in [6, 6.07) is 17.2. The number of nitrogens with zero attached hydrogens (tertiary/aromatic N) is 2. The molecule has 0 aromatic heterocycles. The Labute approximate surface area is 168 Å². The van der Waals surface area contributed by atoms with Crippen molar-refractivity contribution in [2.24, 2.45) is 0 Å². The predicted molar refractivity (Wildman–Crippen MR) is 113 cm³/mol. The number of rotatable bonds is 5. The number of ether oxygens (including phenoxy) is 1. The number of aliphatic hydroxyl groups is 1. The minimum atomic E-state index is -0.340. The van der Waals surface area contributed by atoms with Crippen molar-refractivity contribution in [3.8, 4) is 5.75 Å². The molecule has 1 aliphatic heterocycles. The molecule has 0 saturated carbocycles. The molecule has 1 heterocycles. The number of benzene rings is 2. The van der Waals surface area contributed by atoms with Gasteiger partial charge in [0.15, 0.2) is 0 Å². The molecule has 2 aliphatic rings. The first-order valence-corrected chi connectivity index (χ1v) is 10.4. The summed E-state index contributed by atoms with van der Waals surface area (Å²) in [5.74, 6) is 0.934. The van der Waals surface area contributed by atoms with Gasteiger partial charge in [-0.05, 0) is 75.8 Å². The van der Waals surface area contributed by atoms with Gasteiger partial charge >= 0.3 is 0 Å². The van der Waals surface area contributed by atoms with Crippen LogP contribution < -0.4 is 4.74 Å². The third-order valence-corrected chi connectivity index (χ3v) is 6.63. The molecule has 2 aromatic rings. The van der Waals surface area contributed by atoms with E-state index in [0.717, 1.165) is 38.2 Å². The van der Waals surface area contributed by atoms with E-state index >= 15 is 0 Å². The third kappa shape index (κ3) is 3.34. The van der Waals surface area contributed by atoms with Gasteiger partial charge in [0.05, 0.1) is 18.8 Å². The second-order valence-electron chi connectivity index (χ2n) is 8.45. The molecule has 4 rings (SSSR count). The average molecular weight is 381 g/mol. The Morgan fingerprint density at radius 1 is 1.07 bits per heavy atom. The highest BCUT2D eigenvalue weighted by Gasteiger charge is 2.52. The second kappa shape index (κ2) is 7.86. The fourth-order valence-electron chi connectivity index (χ4n) is 5.19. The molecule has 2 aromatic carbocycles. The van der Waals surface area contributed by atoms with Gasteiger partial charge in [-0.2, -0.15) is 0 Å². The molecule has 1 N–H and O–H groups in total. The van der Waals surface area contributed by atoms with Crippen LogP contribution in [0.3, 0.4) is 0 Å². The van der Waals surface area contributed by atoms with Crippen LogP contribution in [0.4, 0.5) is 0 Å². The summed E-state index contributed by atoms with van der Waals surface area (Å²) < 4.78 is 5.54. The Morgan fingerprint density at radius 3 is 2.39 bits per heavy atom. The van der Waals surface area contributed by atoms with Crippen molar-refractivity contribution in [3.63, 3.8) is 0 Å². The van der Waals surface area contributed by atoms with E-state index in [1.165, 1.54) is 16.7 Å². The van der Waals surface area contributed by atoms with Gasteiger partial charge in [-0.3, -0.25) is 4.90 Å². The SMILES string of the molecule is CCOc1ccc(CN2CCC3(CC2)c2ccccc2[C@H](N(C)C)[C@H]3O)cc1. The van der Waals surface area contributed by atoms with Crippen LogP contribution >= 0.6 is 0 Å². The summed E-state index contributed by atoms with van der Waals surface area (Å²) in [5.41, 5.74) is 3.88. The van der Waals surface area contributed by atoms with Crippen molar-refractivity contribution >= 4 is 0 Å². The highest BCUT2D eigenvalue weighted by molar-refractivity contribution is 5.45. The predicted octanol–water partition coefficient (Wildman–Crippen LogP) is 3.60. The minimum absolute atomic E-state index is 0.0915. The summed E-state index contributed by atoms with van der Waals surface area (Å²) in [6.45, 7) is 5.69. The number of fused-ring (bicyclic) bond motifs is 2. The molecule has 1 spiro atoms. The lowest BCUT2D eigenvalue weighted by atomic mass is 9.72. The number of hydrogen-bond donors (Lipinski definition) is 1. The van der Waals surface area contributed by atoms with Crippen molar-refractivity contribution in [2.75, 3.05) is 33.8 Å². The lowest BCUT2D eigenvalue weighted by Gasteiger charge is -2.43. The maximum absolute atomic E-state index is 11.3. The molecule has 0 unspecified atom stereocenters. The van der Waals surface area contributed by atoms with E-state index in [1.807, 2.05) is 6.92 Å². The zero-order chi connectivity index (χ0) is 19.7. The first-order valence-electron chi connectivity index (χ1n) is 10.4. The normalized spacial score (nSPS) is 23.9. The van der Waals surface area contributed by atoms with E-state index in [9.17, 15) is 5.11 Å². The zero-order valence-corrected chi connectivity index (χ0v) is 17.3. The molecule has 0 amide bonds. The quantitative estimate of drug-likeness (QED) is 0.860. The van der Waals surface area contributed by atoms with E-state index in [0.29, 0.717) is 6.61 Å². The maximum atomic E-state index is 11.3. The van der Waals surface area contributed by atoms with Crippen LogP contribution in [0.5, 0.6) is 5.75 Å². The maximum Gasteiger partial charge on any atom is 0.119 e. The molecular weight excluding hydrogens is 348 g/mol. The number of hydrogen-bond acceptors (Lipinski definition) is 4. The highest BCUT2D eigenvalue weighted by atomic mass is 16.5. The monoisotopic (exact) mass is 380 g/mol. The summed E-state index contributed by atoms with van der Waals surface area (Å²) in [7, 11) is 4.15. The molecule has 2 atom stereocenters. The molecule has 0 bridgehead atoms. The van der Waals surface area contributed by atoms with Gasteiger partial charge in [-0.25, -0.2) is 0 Å². The standard InChI is InChI=1S/C24H32N2O2/c1-4-28-19-11-9-18(10-12-19)17-26-15-13-24(14-16-26)21-8-6-5-7-20(21)22(23(24)27)25(2)3/h5-12,22-23,27H,4,13-17H2,1-3H3/t22-,23+/m0/s1. The van der Waals surface area contributed by atoms with Gasteiger partial charge in [-0.1, -0.05) is 36.4 Å². The molecule has 1 saturated heterocycles. The van der Waals surface area contributed by atoms with Gasteiger partial charge in [0.2, 0.25) is 0 Å². The van der Waals surface area contributed by atoms with Gasteiger partial charge in [0.25, 0.3) is 0 Å². The first-order chi connectivity index (χ1) is 13.5. The Bertz CT molecular complexity index is 795. The Morgan fingerprint density at radius 2 is 1.75 bits per heavy atom. The van der Waals surface area contributed by atoms with E-state index in [4.69, 9.17) is 4.74 Å². The second-order valence-corrected chi connectivity index (χ2v) is 8.45. The van der Waals surface area contributed by atoms with Crippen molar-refractivity contribution < 1.29 is 9.84 Å². The summed E-state index contributed by atoms with van der Waals surface area (Å²) in [5, 5.41) is 11.3. The van der Waals surface area contributed by atoms with Crippen LogP contribution in [0.25, 0.3) is 0 Å². The minimum Gasteiger partial charge on any atom is -0.494 e. The fraction of sp³-hybridized carbons (Fsp3) is 0.500. The molecule has 1 aliphatic carbocycles. The van der Waals surface area contributed by atoms with Crippen LogP contribution in [-0.2, 0) is 12.0 Å². The number of likely N-dealkylation sites (tertiary alicyclic amines) is 1. The van der Waals surface area contributed by atoms with Gasteiger partial charge in [0, 0.05) is 12.0 Å². The molecule has 150 valence electrons. The van der Waals surface area contributed by atoms with Crippen LogP contribution in [0.2, 0.25) is 0 Å². The largest absolute Gasteiger partial charge is 0.494 e. The van der Waals surface area contributed by atoms with Crippen molar-refractivity contribution in [1.82, 2.24) is 9.80 Å². The number of likely N-dealkylation sites (N-methyl/N-ethyl adjacent to an activating group) is 1. The van der Waals surface area contributed by atoms with Crippen molar-refractivity contribution in [1.29, 1.82) is 0 Å². The van der Waals surface area contributed by atoms with E-state index in [2.05, 4.69) is 72.4 Å². The zero-order valence-electron chi connectivity index (χ0n) is 17.3. The third-order valence-electron chi connectivity index (χ3n) is 6.63. The van der Waals surface area contributed by atoms with Crippen LogP contribution in [0, 0.1) is 0 Å². The van der Waals surface area contributed by atoms with Gasteiger partial charge in [0.1, 0.15) is 5.75 Å². The Hall–Kier alpha value is -1.88. The molecular formula is C24H32N2O2. The highest BCUT2D eigenvalue weighted by Crippen LogP contribution is 2.52. The Balaban J connectivity index is 1.47. The molecule has 0 radical (unpaired) electrons. The topological polar surface area (TPSA) is 35.9 Å². The first kappa shape index (κ1) is 19.4. The summed E-state index contributed by atoms with van der Waals surface area (Å²) >= 11 is 0. The van der Waals surface area contributed by atoms with E-state index in [-0.39, 0.29) is 17.6 Å². The smallest absolute Gasteiger partial charge is 0.119 e. The lowest BCUT2D eigenvalue weighted by molar-refractivity contribution is -0.00392. The molecule has 28 heavy (non-hydrogen) atoms. The molecule has 4 heteroatoms. The molecule has 1 fully saturated rings. The lowest BCUT2D eigenvalue weighted by Crippen LogP contribution is -2.49. The van der Waals surface area contributed by atoms with Gasteiger partial charge < -0.3 is 14.7 Å². The summed E-state index contributed by atoms with van der Waals surface area (Å²) in [6.07, 6.45) is 1.67. The van der Waals surface area contributed by atoms with E-state index in [1.54, 1.807) is 0 Å². The average Bonchev–Trinajstić information content (AvgIpc) is 2.94. The van der Waals surface area contributed by atoms with Gasteiger partial charge in [-0.15, -0.1) is 0 Å². The van der Waals surface area contributed by atoms with Crippen molar-refractivity contribution in [3.05, 3.63) is 65.2 Å². The van der Waals surface area contributed by atoms with Crippen molar-refractivity contribution in [2.45, 2.75) is 43.9 Å². The molecule has 4 nitrogen and oxygen atoms in total. The fourth-order valence-corrected chi connectivity index (χ4v) is 5.19. The Kier molecular flexibility index (Phi) is 5.46. The van der Waals surface area contributed by atoms with E-state index < -0.39 is 0 Å². The number of aliphatic hydroxyl groups excluding tert-OH is 1. The van der Waals surface area contributed by atoms with Crippen LogP contribution in [0.1, 0.15) is 42.5 Å². The van der Waals surface area contributed by atoms with Crippen LogP contribution in [0.15, 0.2) is 48.5 Å². The summed E-state index contributed by atoms with van der Waals surface area (Å²) in [4.78, 5) is 4.68.